The molecule has 0 atom stereocenters. The fourth-order valence-electron chi connectivity index (χ4n) is 3.44. The van der Waals surface area contributed by atoms with E-state index in [0.29, 0.717) is 25.3 Å². The molecule has 5 nitrogen and oxygen atoms in total. The molecule has 2 aliphatic rings. The smallest absolute Gasteiger partial charge is 0.406 e. The fraction of sp³-hybridized carbons (Fsp3) is 0.588. The van der Waals surface area contributed by atoms with Crippen LogP contribution < -0.4 is 10.1 Å². The molecule has 1 saturated heterocycles. The van der Waals surface area contributed by atoms with E-state index in [9.17, 15) is 18.0 Å². The Labute approximate surface area is 144 Å². The highest BCUT2D eigenvalue weighted by atomic mass is 19.4. The summed E-state index contributed by atoms with van der Waals surface area (Å²) < 4.78 is 46.1. The summed E-state index contributed by atoms with van der Waals surface area (Å²) in [5, 5.41) is 2.81. The van der Waals surface area contributed by atoms with Crippen LogP contribution in [0.1, 0.15) is 31.2 Å². The predicted octanol–water partition coefficient (Wildman–Crippen LogP) is 3.44. The molecule has 2 fully saturated rings. The molecular weight excluding hydrogens is 337 g/mol. The zero-order valence-electron chi connectivity index (χ0n) is 13.8. The van der Waals surface area contributed by atoms with Gasteiger partial charge < -0.3 is 19.7 Å². The highest BCUT2D eigenvalue weighted by Gasteiger charge is 2.40. The van der Waals surface area contributed by atoms with Crippen LogP contribution in [0.3, 0.4) is 0 Å². The molecule has 0 bridgehead atoms. The summed E-state index contributed by atoms with van der Waals surface area (Å²) >= 11 is 0. The third-order valence-electron chi connectivity index (χ3n) is 4.65. The van der Waals surface area contributed by atoms with Gasteiger partial charge in [-0.15, -0.1) is 13.2 Å². The lowest BCUT2D eigenvalue weighted by atomic mass is 10.00. The topological polar surface area (TPSA) is 50.8 Å². The number of amides is 2. The third kappa shape index (κ3) is 4.78. The number of ether oxygens (including phenoxy) is 2. The molecule has 1 aliphatic heterocycles. The summed E-state index contributed by atoms with van der Waals surface area (Å²) in [7, 11) is 0. The average Bonchev–Trinajstić information content (AvgIpc) is 3.00. The van der Waals surface area contributed by atoms with Gasteiger partial charge in [0.15, 0.2) is 0 Å². The van der Waals surface area contributed by atoms with Gasteiger partial charge >= 0.3 is 12.4 Å². The molecule has 3 rings (SSSR count). The summed E-state index contributed by atoms with van der Waals surface area (Å²) in [6.45, 7) is 1.93. The Morgan fingerprint density at radius 1 is 1.24 bits per heavy atom. The predicted molar refractivity (Wildman–Crippen MR) is 84.1 cm³/mol. The lowest BCUT2D eigenvalue weighted by molar-refractivity contribution is -0.274. The average molecular weight is 358 g/mol. The second-order valence-electron chi connectivity index (χ2n) is 6.51. The van der Waals surface area contributed by atoms with E-state index < -0.39 is 6.36 Å². The SMILES string of the molecule is O=C(NCc1ccc(OC(F)(F)F)cc1)N1CCOC2(CCCC2)C1. The molecule has 138 valence electrons. The minimum Gasteiger partial charge on any atom is -0.406 e. The van der Waals surface area contributed by atoms with E-state index in [2.05, 4.69) is 10.1 Å². The van der Waals surface area contributed by atoms with Crippen molar-refractivity contribution in [2.45, 2.75) is 44.2 Å². The van der Waals surface area contributed by atoms with Crippen LogP contribution in [0.25, 0.3) is 0 Å². The quantitative estimate of drug-likeness (QED) is 0.901. The number of urea groups is 1. The van der Waals surface area contributed by atoms with Crippen molar-refractivity contribution in [3.63, 3.8) is 0 Å². The number of morpholine rings is 1. The fourth-order valence-corrected chi connectivity index (χ4v) is 3.44. The summed E-state index contributed by atoms with van der Waals surface area (Å²) in [5.41, 5.74) is 0.512. The molecule has 1 aromatic carbocycles. The van der Waals surface area contributed by atoms with E-state index >= 15 is 0 Å². The van der Waals surface area contributed by atoms with E-state index in [1.807, 2.05) is 0 Å². The summed E-state index contributed by atoms with van der Waals surface area (Å²) in [6, 6.07) is 5.29. The van der Waals surface area contributed by atoms with Gasteiger partial charge in [0.25, 0.3) is 0 Å². The number of nitrogens with zero attached hydrogens (tertiary/aromatic N) is 1. The number of halogens is 3. The van der Waals surface area contributed by atoms with Crippen LogP contribution in [0.5, 0.6) is 5.75 Å². The number of hydrogen-bond acceptors (Lipinski definition) is 3. The van der Waals surface area contributed by atoms with Crippen molar-refractivity contribution in [1.82, 2.24) is 10.2 Å². The molecule has 8 heteroatoms. The Morgan fingerprint density at radius 3 is 2.56 bits per heavy atom. The van der Waals surface area contributed by atoms with E-state index in [0.717, 1.165) is 25.7 Å². The zero-order valence-corrected chi connectivity index (χ0v) is 13.8. The first-order valence-corrected chi connectivity index (χ1v) is 8.37. The van der Waals surface area contributed by atoms with Crippen molar-refractivity contribution in [3.05, 3.63) is 29.8 Å². The first-order valence-electron chi connectivity index (χ1n) is 8.37. The standard InChI is InChI=1S/C17H21F3N2O3/c18-17(19,20)25-14-5-3-13(4-6-14)11-21-15(23)22-9-10-24-16(12-22)7-1-2-8-16/h3-6H,1-2,7-12H2,(H,21,23). The van der Waals surface area contributed by atoms with E-state index in [1.54, 1.807) is 4.90 Å². The molecule has 1 aliphatic carbocycles. The largest absolute Gasteiger partial charge is 0.573 e. The molecule has 2 amide bonds. The maximum atomic E-state index is 12.4. The van der Waals surface area contributed by atoms with Gasteiger partial charge in [0.2, 0.25) is 0 Å². The van der Waals surface area contributed by atoms with Crippen molar-refractivity contribution in [2.24, 2.45) is 0 Å². The van der Waals surface area contributed by atoms with Gasteiger partial charge in [-0.05, 0) is 30.5 Å². The van der Waals surface area contributed by atoms with Crippen LogP contribution in [-0.2, 0) is 11.3 Å². The van der Waals surface area contributed by atoms with Gasteiger partial charge in [0.1, 0.15) is 5.75 Å². The lowest BCUT2D eigenvalue weighted by Crippen LogP contribution is -2.54. The third-order valence-corrected chi connectivity index (χ3v) is 4.65. The van der Waals surface area contributed by atoms with E-state index in [4.69, 9.17) is 4.74 Å². The summed E-state index contributed by atoms with van der Waals surface area (Å²) in [5.74, 6) is -0.279. The number of alkyl halides is 3. The van der Waals surface area contributed by atoms with Crippen molar-refractivity contribution in [3.8, 4) is 5.75 Å². The zero-order chi connectivity index (χ0) is 17.9. The van der Waals surface area contributed by atoms with Gasteiger partial charge in [0, 0.05) is 13.1 Å². The molecule has 0 unspecified atom stereocenters. The summed E-state index contributed by atoms with van der Waals surface area (Å²) in [6.07, 6.45) is -0.485. The van der Waals surface area contributed by atoms with Crippen molar-refractivity contribution < 1.29 is 27.4 Å². The van der Waals surface area contributed by atoms with Crippen LogP contribution in [0.4, 0.5) is 18.0 Å². The van der Waals surface area contributed by atoms with Crippen molar-refractivity contribution in [2.75, 3.05) is 19.7 Å². The first kappa shape index (κ1) is 17.8. The van der Waals surface area contributed by atoms with Gasteiger partial charge in [-0.2, -0.15) is 0 Å². The van der Waals surface area contributed by atoms with E-state index in [-0.39, 0.29) is 23.9 Å². The lowest BCUT2D eigenvalue weighted by Gasteiger charge is -2.40. The molecular formula is C17H21F3N2O3. The van der Waals surface area contributed by atoms with Gasteiger partial charge in [-0.25, -0.2) is 4.79 Å². The highest BCUT2D eigenvalue weighted by molar-refractivity contribution is 5.74. The van der Waals surface area contributed by atoms with Crippen LogP contribution in [-0.4, -0.2) is 42.6 Å². The highest BCUT2D eigenvalue weighted by Crippen LogP contribution is 2.35. The second-order valence-corrected chi connectivity index (χ2v) is 6.51. The van der Waals surface area contributed by atoms with Crippen LogP contribution in [0.15, 0.2) is 24.3 Å². The Bertz CT molecular complexity index is 598. The number of nitrogens with one attached hydrogen (secondary N) is 1. The molecule has 1 aromatic rings. The first-order chi connectivity index (χ1) is 11.9. The molecule has 1 heterocycles. The number of rotatable bonds is 3. The Morgan fingerprint density at radius 2 is 1.92 bits per heavy atom. The second kappa shape index (κ2) is 7.11. The molecule has 0 aromatic heterocycles. The van der Waals surface area contributed by atoms with Crippen LogP contribution in [0, 0.1) is 0 Å². The Balaban J connectivity index is 1.50. The van der Waals surface area contributed by atoms with Crippen LogP contribution in [0.2, 0.25) is 0 Å². The number of hydrogen-bond donors (Lipinski definition) is 1. The molecule has 0 radical (unpaired) electrons. The van der Waals surface area contributed by atoms with Crippen molar-refractivity contribution in [1.29, 1.82) is 0 Å². The minimum atomic E-state index is -4.71. The number of carbonyl (C=O) groups excluding carboxylic acids is 1. The molecule has 1 spiro atoms. The Kier molecular flexibility index (Phi) is 5.08. The number of benzene rings is 1. The molecule has 1 saturated carbocycles. The van der Waals surface area contributed by atoms with Gasteiger partial charge in [-0.3, -0.25) is 0 Å². The Hall–Kier alpha value is -1.96. The molecule has 25 heavy (non-hydrogen) atoms. The van der Waals surface area contributed by atoms with Gasteiger partial charge in [-0.1, -0.05) is 25.0 Å². The maximum Gasteiger partial charge on any atom is 0.573 e. The monoisotopic (exact) mass is 358 g/mol. The normalized spacial score (nSPS) is 19.9. The number of carbonyl (C=O) groups is 1. The maximum absolute atomic E-state index is 12.4. The minimum absolute atomic E-state index is 0.176. The van der Waals surface area contributed by atoms with E-state index in [1.165, 1.54) is 24.3 Å². The van der Waals surface area contributed by atoms with Crippen LogP contribution >= 0.6 is 0 Å². The summed E-state index contributed by atoms with van der Waals surface area (Å²) in [4.78, 5) is 14.1. The van der Waals surface area contributed by atoms with Gasteiger partial charge in [0.05, 0.1) is 18.8 Å². The molecule has 1 N–H and O–H groups in total. The van der Waals surface area contributed by atoms with Crippen molar-refractivity contribution >= 4 is 6.03 Å².